The number of rotatable bonds is 3. The Hall–Kier alpha value is -1.89. The summed E-state index contributed by atoms with van der Waals surface area (Å²) in [4.78, 5) is 17.9. The molecular formula is C14H19N5OS. The van der Waals surface area contributed by atoms with Crippen molar-refractivity contribution < 1.29 is 4.79 Å². The first kappa shape index (κ1) is 14.1. The number of urea groups is 1. The number of nitrogens with zero attached hydrogens (tertiary/aromatic N) is 3. The molecule has 2 N–H and O–H groups in total. The van der Waals surface area contributed by atoms with E-state index in [9.17, 15) is 4.79 Å². The molecule has 2 amide bonds. The van der Waals surface area contributed by atoms with E-state index in [4.69, 9.17) is 0 Å². The summed E-state index contributed by atoms with van der Waals surface area (Å²) in [6.45, 7) is 2.67. The van der Waals surface area contributed by atoms with Gasteiger partial charge < -0.3 is 10.6 Å². The number of fused-ring (bicyclic) bond motifs is 1. The average Bonchev–Trinajstić information content (AvgIpc) is 3.01. The SMILES string of the molecule is Cc1nc2c(s1)CCC[C@H]2CNC(=O)Nc1cnn(C)c1. The van der Waals surface area contributed by atoms with Crippen molar-refractivity contribution in [3.8, 4) is 0 Å². The van der Waals surface area contributed by atoms with Crippen LogP contribution in [0.2, 0.25) is 0 Å². The van der Waals surface area contributed by atoms with E-state index < -0.39 is 0 Å². The fourth-order valence-electron chi connectivity index (χ4n) is 2.70. The molecular weight excluding hydrogens is 286 g/mol. The lowest BCUT2D eigenvalue weighted by Crippen LogP contribution is -2.33. The number of hydrogen-bond donors (Lipinski definition) is 2. The van der Waals surface area contributed by atoms with E-state index in [1.165, 1.54) is 17.0 Å². The van der Waals surface area contributed by atoms with Crippen LogP contribution in [0.4, 0.5) is 10.5 Å². The van der Waals surface area contributed by atoms with E-state index in [-0.39, 0.29) is 6.03 Å². The molecule has 21 heavy (non-hydrogen) atoms. The third-order valence-corrected chi connectivity index (χ3v) is 4.70. The maximum atomic E-state index is 11.9. The molecule has 0 bridgehead atoms. The monoisotopic (exact) mass is 305 g/mol. The van der Waals surface area contributed by atoms with Crippen LogP contribution in [0.25, 0.3) is 0 Å². The van der Waals surface area contributed by atoms with Crippen LogP contribution in [0.5, 0.6) is 0 Å². The second-order valence-corrected chi connectivity index (χ2v) is 6.66. The van der Waals surface area contributed by atoms with E-state index in [0.717, 1.165) is 17.8 Å². The molecule has 0 saturated heterocycles. The van der Waals surface area contributed by atoms with E-state index in [0.29, 0.717) is 18.2 Å². The van der Waals surface area contributed by atoms with Crippen LogP contribution < -0.4 is 10.6 Å². The first-order valence-corrected chi connectivity index (χ1v) is 7.93. The van der Waals surface area contributed by atoms with E-state index >= 15 is 0 Å². The van der Waals surface area contributed by atoms with Gasteiger partial charge in [-0.25, -0.2) is 9.78 Å². The second-order valence-electron chi connectivity index (χ2n) is 5.37. The lowest BCUT2D eigenvalue weighted by Gasteiger charge is -2.21. The van der Waals surface area contributed by atoms with E-state index in [1.807, 2.05) is 14.0 Å². The van der Waals surface area contributed by atoms with Gasteiger partial charge in [-0.2, -0.15) is 5.10 Å². The molecule has 1 aliphatic rings. The molecule has 0 aromatic carbocycles. The third-order valence-electron chi connectivity index (χ3n) is 3.65. The number of hydrogen-bond acceptors (Lipinski definition) is 4. The Morgan fingerprint density at radius 3 is 3.19 bits per heavy atom. The summed E-state index contributed by atoms with van der Waals surface area (Å²) in [6.07, 6.45) is 6.78. The predicted octanol–water partition coefficient (Wildman–Crippen LogP) is 2.43. The molecule has 2 heterocycles. The van der Waals surface area contributed by atoms with Gasteiger partial charge in [-0.05, 0) is 26.2 Å². The fourth-order valence-corrected chi connectivity index (χ4v) is 3.77. The maximum Gasteiger partial charge on any atom is 0.319 e. The van der Waals surface area contributed by atoms with Crippen LogP contribution in [0, 0.1) is 6.92 Å². The third kappa shape index (κ3) is 3.24. The van der Waals surface area contributed by atoms with E-state index in [2.05, 4.69) is 20.7 Å². The summed E-state index contributed by atoms with van der Waals surface area (Å²) in [5, 5.41) is 10.9. The number of carbonyl (C=O) groups is 1. The normalized spacial score (nSPS) is 17.3. The van der Waals surface area contributed by atoms with Crippen LogP contribution >= 0.6 is 11.3 Å². The Bertz CT molecular complexity index is 648. The van der Waals surface area contributed by atoms with Crippen molar-refractivity contribution in [2.75, 3.05) is 11.9 Å². The summed E-state index contributed by atoms with van der Waals surface area (Å²) in [7, 11) is 1.82. The van der Waals surface area contributed by atoms with Gasteiger partial charge in [0.1, 0.15) is 0 Å². The molecule has 0 fully saturated rings. The first-order valence-electron chi connectivity index (χ1n) is 7.11. The zero-order valence-corrected chi connectivity index (χ0v) is 13.0. The summed E-state index contributed by atoms with van der Waals surface area (Å²) in [5.74, 6) is 0.332. The molecule has 1 atom stereocenters. The second kappa shape index (κ2) is 5.85. The largest absolute Gasteiger partial charge is 0.337 e. The van der Waals surface area contributed by atoms with E-state index in [1.54, 1.807) is 28.4 Å². The predicted molar refractivity (Wildman–Crippen MR) is 82.8 cm³/mol. The number of aryl methyl sites for hydroxylation is 3. The van der Waals surface area contributed by atoms with Crippen molar-refractivity contribution in [1.29, 1.82) is 0 Å². The van der Waals surface area contributed by atoms with Crippen molar-refractivity contribution in [3.05, 3.63) is 28.0 Å². The smallest absolute Gasteiger partial charge is 0.319 e. The Morgan fingerprint density at radius 1 is 1.57 bits per heavy atom. The number of aromatic nitrogens is 3. The molecule has 0 radical (unpaired) electrons. The molecule has 1 aliphatic carbocycles. The number of anilines is 1. The Kier molecular flexibility index (Phi) is 3.92. The topological polar surface area (TPSA) is 71.8 Å². The number of carbonyl (C=O) groups excluding carboxylic acids is 1. The van der Waals surface area contributed by atoms with Crippen molar-refractivity contribution in [1.82, 2.24) is 20.1 Å². The first-order chi connectivity index (χ1) is 10.1. The molecule has 0 spiro atoms. The summed E-state index contributed by atoms with van der Waals surface area (Å²) in [6, 6.07) is -0.193. The number of thiazole rings is 1. The molecule has 2 aromatic heterocycles. The minimum absolute atomic E-state index is 0.193. The van der Waals surface area contributed by atoms with Gasteiger partial charge >= 0.3 is 6.03 Å². The summed E-state index contributed by atoms with van der Waals surface area (Å²) >= 11 is 1.78. The van der Waals surface area contributed by atoms with Gasteiger partial charge in [0.2, 0.25) is 0 Å². The van der Waals surface area contributed by atoms with Crippen LogP contribution in [-0.4, -0.2) is 27.3 Å². The van der Waals surface area contributed by atoms with Crippen molar-refractivity contribution in [2.45, 2.75) is 32.1 Å². The van der Waals surface area contributed by atoms with Gasteiger partial charge in [-0.3, -0.25) is 4.68 Å². The molecule has 0 aliphatic heterocycles. The summed E-state index contributed by atoms with van der Waals surface area (Å²) in [5.41, 5.74) is 1.88. The Morgan fingerprint density at radius 2 is 2.43 bits per heavy atom. The minimum atomic E-state index is -0.193. The molecule has 3 rings (SSSR count). The van der Waals surface area contributed by atoms with Crippen LogP contribution in [0.3, 0.4) is 0 Å². The fraction of sp³-hybridized carbons (Fsp3) is 0.500. The van der Waals surface area contributed by atoms with Crippen molar-refractivity contribution in [2.24, 2.45) is 7.05 Å². The molecule has 112 valence electrons. The zero-order chi connectivity index (χ0) is 14.8. The van der Waals surface area contributed by atoms with Gasteiger partial charge in [-0.1, -0.05) is 0 Å². The zero-order valence-electron chi connectivity index (χ0n) is 12.2. The molecule has 6 nitrogen and oxygen atoms in total. The highest BCUT2D eigenvalue weighted by atomic mass is 32.1. The van der Waals surface area contributed by atoms with Gasteiger partial charge in [0.05, 0.1) is 22.6 Å². The quantitative estimate of drug-likeness (QED) is 0.915. The lowest BCUT2D eigenvalue weighted by atomic mass is 9.91. The van der Waals surface area contributed by atoms with Crippen molar-refractivity contribution in [3.63, 3.8) is 0 Å². The highest BCUT2D eigenvalue weighted by Crippen LogP contribution is 2.34. The minimum Gasteiger partial charge on any atom is -0.337 e. The van der Waals surface area contributed by atoms with Crippen LogP contribution in [-0.2, 0) is 13.5 Å². The highest BCUT2D eigenvalue weighted by molar-refractivity contribution is 7.11. The Balaban J connectivity index is 1.57. The molecule has 7 heteroatoms. The molecule has 2 aromatic rings. The molecule has 0 saturated carbocycles. The van der Waals surface area contributed by atoms with Gasteiger partial charge in [-0.15, -0.1) is 11.3 Å². The lowest BCUT2D eigenvalue weighted by molar-refractivity contribution is 0.251. The van der Waals surface area contributed by atoms with Gasteiger partial charge in [0.25, 0.3) is 0 Å². The van der Waals surface area contributed by atoms with Gasteiger partial charge in [0.15, 0.2) is 0 Å². The van der Waals surface area contributed by atoms with Crippen LogP contribution in [0.1, 0.15) is 34.3 Å². The summed E-state index contributed by atoms with van der Waals surface area (Å²) < 4.78 is 1.65. The van der Waals surface area contributed by atoms with Crippen LogP contribution in [0.15, 0.2) is 12.4 Å². The number of nitrogens with one attached hydrogen (secondary N) is 2. The standard InChI is InChI=1S/C14H19N5OS/c1-9-17-13-10(4-3-5-12(13)21-9)6-15-14(20)18-11-7-16-19(2)8-11/h7-8,10H,3-6H2,1-2H3,(H2,15,18,20)/t10-/m0/s1. The highest BCUT2D eigenvalue weighted by Gasteiger charge is 2.24. The average molecular weight is 305 g/mol. The Labute approximate surface area is 127 Å². The molecule has 0 unspecified atom stereocenters. The maximum absolute atomic E-state index is 11.9. The van der Waals surface area contributed by atoms with Crippen molar-refractivity contribution >= 4 is 23.1 Å². The number of amides is 2. The van der Waals surface area contributed by atoms with Gasteiger partial charge in [0, 0.05) is 30.6 Å².